The second-order valence-corrected chi connectivity index (χ2v) is 6.05. The summed E-state index contributed by atoms with van der Waals surface area (Å²) in [5, 5.41) is 12.7. The molecule has 0 radical (unpaired) electrons. The van der Waals surface area contributed by atoms with Gasteiger partial charge >= 0.3 is 0 Å². The van der Waals surface area contributed by atoms with E-state index < -0.39 is 11.9 Å². The highest BCUT2D eigenvalue weighted by Gasteiger charge is 2.19. The molecule has 1 amide bonds. The van der Waals surface area contributed by atoms with Crippen molar-refractivity contribution < 1.29 is 18.7 Å². The van der Waals surface area contributed by atoms with E-state index in [0.29, 0.717) is 33.6 Å². The van der Waals surface area contributed by atoms with E-state index in [2.05, 4.69) is 15.3 Å². The number of fused-ring (bicyclic) bond motifs is 2. The molecule has 1 unspecified atom stereocenters. The summed E-state index contributed by atoms with van der Waals surface area (Å²) >= 11 is 0. The largest absolute Gasteiger partial charge is 0.456 e. The lowest BCUT2D eigenvalue weighted by Gasteiger charge is -2.11. The summed E-state index contributed by atoms with van der Waals surface area (Å²) in [6.45, 7) is 1.52. The van der Waals surface area contributed by atoms with Gasteiger partial charge in [0, 0.05) is 5.39 Å². The maximum atomic E-state index is 13.8. The molecular weight excluding hydrogens is 337 g/mol. The summed E-state index contributed by atoms with van der Waals surface area (Å²) in [7, 11) is 0. The van der Waals surface area contributed by atoms with Crippen molar-refractivity contribution in [2.24, 2.45) is 0 Å². The first kappa shape index (κ1) is 16.3. The van der Waals surface area contributed by atoms with Crippen LogP contribution in [0.5, 0.6) is 0 Å². The summed E-state index contributed by atoms with van der Waals surface area (Å²) in [5.41, 5.74) is 1.70. The van der Waals surface area contributed by atoms with Crippen LogP contribution in [0.2, 0.25) is 0 Å². The minimum atomic E-state index is -0.458. The van der Waals surface area contributed by atoms with Crippen molar-refractivity contribution >= 4 is 27.9 Å². The zero-order valence-electron chi connectivity index (χ0n) is 13.9. The van der Waals surface area contributed by atoms with Gasteiger partial charge < -0.3 is 19.8 Å². The third-order valence-corrected chi connectivity index (χ3v) is 4.25. The summed E-state index contributed by atoms with van der Waals surface area (Å²) in [6, 6.07) is 11.1. The number of hydrogen-bond donors (Lipinski definition) is 3. The van der Waals surface area contributed by atoms with E-state index in [1.54, 1.807) is 43.3 Å². The van der Waals surface area contributed by atoms with E-state index >= 15 is 0 Å². The Labute approximate surface area is 147 Å². The first-order valence-electron chi connectivity index (χ1n) is 8.14. The highest BCUT2D eigenvalue weighted by molar-refractivity contribution is 6.05. The molecule has 7 heteroatoms. The van der Waals surface area contributed by atoms with Gasteiger partial charge in [0.1, 0.15) is 23.7 Å². The predicted octanol–water partition coefficient (Wildman–Crippen LogP) is 3.43. The summed E-state index contributed by atoms with van der Waals surface area (Å²) in [6.07, 6.45) is 0. The molecule has 2 aromatic carbocycles. The van der Waals surface area contributed by atoms with Crippen molar-refractivity contribution in [2.75, 3.05) is 0 Å². The van der Waals surface area contributed by atoms with Crippen LogP contribution in [-0.4, -0.2) is 21.0 Å². The van der Waals surface area contributed by atoms with E-state index in [1.165, 1.54) is 6.07 Å². The van der Waals surface area contributed by atoms with E-state index in [0.717, 1.165) is 0 Å². The number of aliphatic hydroxyl groups excluding tert-OH is 1. The molecule has 0 spiro atoms. The van der Waals surface area contributed by atoms with Gasteiger partial charge in [-0.2, -0.15) is 0 Å². The van der Waals surface area contributed by atoms with Crippen LogP contribution < -0.4 is 5.32 Å². The molecular formula is C19H16FN3O3. The molecule has 1 atom stereocenters. The highest BCUT2D eigenvalue weighted by Crippen LogP contribution is 2.26. The molecule has 0 aliphatic carbocycles. The molecule has 0 bridgehead atoms. The van der Waals surface area contributed by atoms with Crippen LogP contribution in [0, 0.1) is 5.82 Å². The van der Waals surface area contributed by atoms with E-state index in [-0.39, 0.29) is 18.1 Å². The molecule has 4 aromatic rings. The number of benzene rings is 2. The molecule has 2 aromatic heterocycles. The average molecular weight is 353 g/mol. The van der Waals surface area contributed by atoms with Crippen LogP contribution in [0.25, 0.3) is 22.0 Å². The van der Waals surface area contributed by atoms with E-state index in [9.17, 15) is 14.3 Å². The highest BCUT2D eigenvalue weighted by atomic mass is 19.1. The molecule has 132 valence electrons. The van der Waals surface area contributed by atoms with E-state index in [1.807, 2.05) is 0 Å². The smallest absolute Gasteiger partial charge is 0.254 e. The van der Waals surface area contributed by atoms with Gasteiger partial charge in [-0.15, -0.1) is 0 Å². The van der Waals surface area contributed by atoms with Crippen LogP contribution in [0.15, 0.2) is 46.9 Å². The number of nitrogens with zero attached hydrogens (tertiary/aromatic N) is 1. The third-order valence-electron chi connectivity index (χ3n) is 4.25. The van der Waals surface area contributed by atoms with Gasteiger partial charge in [-0.25, -0.2) is 9.37 Å². The number of halogens is 1. The van der Waals surface area contributed by atoms with Crippen LogP contribution in [0.1, 0.15) is 34.9 Å². The minimum absolute atomic E-state index is 0.172. The van der Waals surface area contributed by atoms with Crippen LogP contribution >= 0.6 is 0 Å². The summed E-state index contributed by atoms with van der Waals surface area (Å²) in [4.78, 5) is 19.9. The maximum Gasteiger partial charge on any atom is 0.254 e. The number of aromatic nitrogens is 2. The quantitative estimate of drug-likeness (QED) is 0.524. The van der Waals surface area contributed by atoms with Crippen molar-refractivity contribution in [3.63, 3.8) is 0 Å². The first-order chi connectivity index (χ1) is 12.6. The molecule has 0 aliphatic rings. The van der Waals surface area contributed by atoms with Gasteiger partial charge in [-0.1, -0.05) is 18.2 Å². The Balaban J connectivity index is 1.63. The number of amides is 1. The number of furan rings is 1. The zero-order chi connectivity index (χ0) is 18.3. The number of nitrogens with one attached hydrogen (secondary N) is 2. The number of aromatic amines is 1. The molecule has 26 heavy (non-hydrogen) atoms. The summed E-state index contributed by atoms with van der Waals surface area (Å²) in [5.74, 6) is 0.0786. The topological polar surface area (TPSA) is 91.2 Å². The van der Waals surface area contributed by atoms with Crippen molar-refractivity contribution in [3.05, 3.63) is 65.4 Å². The second-order valence-electron chi connectivity index (χ2n) is 6.05. The van der Waals surface area contributed by atoms with Crippen molar-refractivity contribution in [2.45, 2.75) is 19.6 Å². The first-order valence-corrected chi connectivity index (χ1v) is 8.14. The summed E-state index contributed by atoms with van der Waals surface area (Å²) < 4.78 is 19.3. The van der Waals surface area contributed by atoms with Crippen molar-refractivity contribution in [1.82, 2.24) is 15.3 Å². The third kappa shape index (κ3) is 2.72. The second kappa shape index (κ2) is 6.27. The SMILES string of the molecule is CC(NC(=O)c1cccc2[nH]c(CO)nc12)c1cc2cccc(F)c2o1. The normalized spacial score (nSPS) is 12.6. The van der Waals surface area contributed by atoms with Crippen LogP contribution in [0.3, 0.4) is 0 Å². The number of aliphatic hydroxyl groups is 1. The lowest BCUT2D eigenvalue weighted by atomic mass is 10.1. The Bertz CT molecular complexity index is 1120. The number of hydrogen-bond acceptors (Lipinski definition) is 4. The Hall–Kier alpha value is -3.19. The molecule has 6 nitrogen and oxygen atoms in total. The maximum absolute atomic E-state index is 13.8. The number of para-hydroxylation sites is 2. The lowest BCUT2D eigenvalue weighted by molar-refractivity contribution is 0.0937. The molecule has 2 heterocycles. The Morgan fingerprint density at radius 3 is 2.92 bits per heavy atom. The number of carbonyl (C=O) groups is 1. The predicted molar refractivity (Wildman–Crippen MR) is 94.1 cm³/mol. The fraction of sp³-hybridized carbons (Fsp3) is 0.158. The molecule has 0 saturated carbocycles. The van der Waals surface area contributed by atoms with Gasteiger partial charge in [-0.05, 0) is 31.2 Å². The van der Waals surface area contributed by atoms with Crippen molar-refractivity contribution in [1.29, 1.82) is 0 Å². The number of H-pyrrole nitrogens is 1. The number of carbonyl (C=O) groups excluding carboxylic acids is 1. The minimum Gasteiger partial charge on any atom is -0.456 e. The number of rotatable bonds is 4. The molecule has 0 saturated heterocycles. The average Bonchev–Trinajstić information content (AvgIpc) is 3.25. The molecule has 0 aliphatic heterocycles. The standard InChI is InChI=1S/C19H16FN3O3/c1-10(15-8-11-4-2-6-13(20)18(11)26-15)21-19(25)12-5-3-7-14-17(12)23-16(9-24)22-14/h2-8,10,24H,9H2,1H3,(H,21,25)(H,22,23). The van der Waals surface area contributed by atoms with E-state index in [4.69, 9.17) is 4.42 Å². The fourth-order valence-corrected chi connectivity index (χ4v) is 2.95. The molecule has 0 fully saturated rings. The van der Waals surface area contributed by atoms with Gasteiger partial charge in [0.25, 0.3) is 5.91 Å². The van der Waals surface area contributed by atoms with Gasteiger partial charge in [0.2, 0.25) is 0 Å². The van der Waals surface area contributed by atoms with Gasteiger partial charge in [0.05, 0.1) is 17.1 Å². The van der Waals surface area contributed by atoms with Gasteiger partial charge in [0.15, 0.2) is 11.4 Å². The Morgan fingerprint density at radius 1 is 1.35 bits per heavy atom. The number of imidazole rings is 1. The van der Waals surface area contributed by atoms with Crippen LogP contribution in [0.4, 0.5) is 4.39 Å². The van der Waals surface area contributed by atoms with Crippen LogP contribution in [-0.2, 0) is 6.61 Å². The molecule has 3 N–H and O–H groups in total. The zero-order valence-corrected chi connectivity index (χ0v) is 13.9. The molecule has 4 rings (SSSR count). The van der Waals surface area contributed by atoms with Crippen molar-refractivity contribution in [3.8, 4) is 0 Å². The lowest BCUT2D eigenvalue weighted by Crippen LogP contribution is -2.26. The Morgan fingerprint density at radius 2 is 2.15 bits per heavy atom. The fourth-order valence-electron chi connectivity index (χ4n) is 2.95. The van der Waals surface area contributed by atoms with Gasteiger partial charge in [-0.3, -0.25) is 4.79 Å². The Kier molecular flexibility index (Phi) is 3.93. The monoisotopic (exact) mass is 353 g/mol.